The summed E-state index contributed by atoms with van der Waals surface area (Å²) in [7, 11) is 1.73. The molecule has 0 heterocycles. The highest BCUT2D eigenvalue weighted by Crippen LogP contribution is 2.35. The number of benzene rings is 1. The Balaban J connectivity index is 1.90. The van der Waals surface area contributed by atoms with Crippen molar-refractivity contribution in [3.63, 3.8) is 0 Å². The normalized spacial score (nSPS) is 22.2. The molecule has 0 saturated heterocycles. The zero-order valence-corrected chi connectivity index (χ0v) is 12.8. The van der Waals surface area contributed by atoms with Gasteiger partial charge in [0, 0.05) is 12.6 Å². The highest BCUT2D eigenvalue weighted by Gasteiger charge is 2.27. The first-order chi connectivity index (χ1) is 9.00. The lowest BCUT2D eigenvalue weighted by Crippen LogP contribution is -2.36. The molecule has 19 heavy (non-hydrogen) atoms. The monoisotopic (exact) mass is 261 g/mol. The average Bonchev–Trinajstić information content (AvgIpc) is 2.35. The van der Waals surface area contributed by atoms with Crippen molar-refractivity contribution >= 4 is 0 Å². The third kappa shape index (κ3) is 3.97. The number of methoxy groups -OCH3 is 1. The third-order valence-corrected chi connectivity index (χ3v) is 4.26. The predicted molar refractivity (Wildman–Crippen MR) is 80.6 cm³/mol. The van der Waals surface area contributed by atoms with Gasteiger partial charge in [-0.05, 0) is 48.8 Å². The lowest BCUT2D eigenvalue weighted by Gasteiger charge is -2.35. The molecule has 2 heteroatoms. The maximum absolute atomic E-state index is 5.30. The van der Waals surface area contributed by atoms with Gasteiger partial charge in [-0.3, -0.25) is 0 Å². The summed E-state index contributed by atoms with van der Waals surface area (Å²) in [4.78, 5) is 0. The second-order valence-electron chi connectivity index (χ2n) is 6.64. The summed E-state index contributed by atoms with van der Waals surface area (Å²) < 4.78 is 5.30. The smallest absolute Gasteiger partial charge is 0.121 e. The van der Waals surface area contributed by atoms with Crippen molar-refractivity contribution < 1.29 is 4.74 Å². The van der Waals surface area contributed by atoms with Crippen LogP contribution in [0.25, 0.3) is 0 Å². The van der Waals surface area contributed by atoms with Crippen LogP contribution in [0.2, 0.25) is 0 Å². The van der Waals surface area contributed by atoms with Gasteiger partial charge in [-0.25, -0.2) is 0 Å². The van der Waals surface area contributed by atoms with Crippen LogP contribution in [0.4, 0.5) is 0 Å². The molecule has 0 bridgehead atoms. The topological polar surface area (TPSA) is 21.3 Å². The van der Waals surface area contributed by atoms with Crippen molar-refractivity contribution in [3.05, 3.63) is 29.3 Å². The van der Waals surface area contributed by atoms with Crippen molar-refractivity contribution in [2.45, 2.75) is 59.0 Å². The van der Waals surface area contributed by atoms with E-state index in [0.717, 1.165) is 12.3 Å². The summed E-state index contributed by atoms with van der Waals surface area (Å²) >= 11 is 0. The molecule has 1 aliphatic carbocycles. The fourth-order valence-electron chi connectivity index (χ4n) is 3.19. The standard InChI is InChI=1S/C17H27NO/c1-13-10-14(7-8-16(13)19-4)12-18-15-6-5-9-17(2,3)11-15/h7-8,10,15,18H,5-6,9,11-12H2,1-4H3. The van der Waals surface area contributed by atoms with Gasteiger partial charge < -0.3 is 10.1 Å². The molecule has 1 saturated carbocycles. The quantitative estimate of drug-likeness (QED) is 0.882. The summed E-state index contributed by atoms with van der Waals surface area (Å²) in [6.07, 6.45) is 5.33. The molecule has 1 aromatic rings. The highest BCUT2D eigenvalue weighted by molar-refractivity contribution is 5.36. The Kier molecular flexibility index (Phi) is 4.51. The summed E-state index contributed by atoms with van der Waals surface area (Å²) in [5.74, 6) is 0.975. The molecule has 0 amide bonds. The molecule has 0 aliphatic heterocycles. The zero-order valence-electron chi connectivity index (χ0n) is 12.8. The number of nitrogens with one attached hydrogen (secondary N) is 1. The van der Waals surface area contributed by atoms with E-state index < -0.39 is 0 Å². The molecule has 0 aromatic heterocycles. The minimum absolute atomic E-state index is 0.506. The lowest BCUT2D eigenvalue weighted by atomic mass is 9.75. The Morgan fingerprint density at radius 1 is 1.37 bits per heavy atom. The maximum Gasteiger partial charge on any atom is 0.121 e. The van der Waals surface area contributed by atoms with Gasteiger partial charge in [0.25, 0.3) is 0 Å². The van der Waals surface area contributed by atoms with Gasteiger partial charge in [-0.2, -0.15) is 0 Å². The fraction of sp³-hybridized carbons (Fsp3) is 0.647. The summed E-state index contributed by atoms with van der Waals surface area (Å²) in [5, 5.41) is 3.72. The van der Waals surface area contributed by atoms with E-state index in [1.165, 1.54) is 36.8 Å². The number of rotatable bonds is 4. The molecule has 106 valence electrons. The van der Waals surface area contributed by atoms with Crippen LogP contribution in [0, 0.1) is 12.3 Å². The first-order valence-corrected chi connectivity index (χ1v) is 7.37. The van der Waals surface area contributed by atoms with E-state index in [0.29, 0.717) is 11.5 Å². The van der Waals surface area contributed by atoms with Gasteiger partial charge in [0.1, 0.15) is 5.75 Å². The highest BCUT2D eigenvalue weighted by atomic mass is 16.5. The minimum atomic E-state index is 0.506. The van der Waals surface area contributed by atoms with E-state index in [1.54, 1.807) is 7.11 Å². The lowest BCUT2D eigenvalue weighted by molar-refractivity contribution is 0.198. The maximum atomic E-state index is 5.30. The Morgan fingerprint density at radius 2 is 2.16 bits per heavy atom. The van der Waals surface area contributed by atoms with Crippen LogP contribution >= 0.6 is 0 Å². The Bertz CT molecular complexity index is 425. The van der Waals surface area contributed by atoms with Crippen LogP contribution < -0.4 is 10.1 Å². The molecule has 2 rings (SSSR count). The van der Waals surface area contributed by atoms with E-state index in [2.05, 4.69) is 44.3 Å². The van der Waals surface area contributed by atoms with Gasteiger partial charge in [0.05, 0.1) is 7.11 Å². The molecular formula is C17H27NO. The Morgan fingerprint density at radius 3 is 2.79 bits per heavy atom. The Labute approximate surface area is 117 Å². The van der Waals surface area contributed by atoms with Crippen LogP contribution in [0.15, 0.2) is 18.2 Å². The van der Waals surface area contributed by atoms with Crippen LogP contribution in [-0.2, 0) is 6.54 Å². The molecule has 1 fully saturated rings. The molecule has 1 aromatic carbocycles. The largest absolute Gasteiger partial charge is 0.496 e. The van der Waals surface area contributed by atoms with Crippen LogP contribution in [0.1, 0.15) is 50.7 Å². The molecule has 0 radical (unpaired) electrons. The van der Waals surface area contributed by atoms with Crippen LogP contribution in [0.3, 0.4) is 0 Å². The van der Waals surface area contributed by atoms with Crippen molar-refractivity contribution in [1.29, 1.82) is 0 Å². The second kappa shape index (κ2) is 5.96. The number of ether oxygens (including phenoxy) is 1. The van der Waals surface area contributed by atoms with Crippen molar-refractivity contribution in [3.8, 4) is 5.75 Å². The van der Waals surface area contributed by atoms with Gasteiger partial charge in [-0.1, -0.05) is 32.4 Å². The van der Waals surface area contributed by atoms with Gasteiger partial charge in [0.2, 0.25) is 0 Å². The first kappa shape index (κ1) is 14.4. The summed E-state index contributed by atoms with van der Waals surface area (Å²) in [6, 6.07) is 7.12. The predicted octanol–water partition coefficient (Wildman–Crippen LogP) is 4.06. The summed E-state index contributed by atoms with van der Waals surface area (Å²) in [6.45, 7) is 7.84. The molecular weight excluding hydrogens is 234 g/mol. The van der Waals surface area contributed by atoms with Gasteiger partial charge in [-0.15, -0.1) is 0 Å². The first-order valence-electron chi connectivity index (χ1n) is 7.37. The van der Waals surface area contributed by atoms with E-state index in [4.69, 9.17) is 4.74 Å². The molecule has 2 nitrogen and oxygen atoms in total. The van der Waals surface area contributed by atoms with Crippen LogP contribution in [-0.4, -0.2) is 13.2 Å². The SMILES string of the molecule is COc1ccc(CNC2CCCC(C)(C)C2)cc1C. The van der Waals surface area contributed by atoms with E-state index in [9.17, 15) is 0 Å². The Hall–Kier alpha value is -1.02. The molecule has 1 unspecified atom stereocenters. The van der Waals surface area contributed by atoms with Gasteiger partial charge in [0.15, 0.2) is 0 Å². The fourth-order valence-corrected chi connectivity index (χ4v) is 3.19. The van der Waals surface area contributed by atoms with E-state index in [-0.39, 0.29) is 0 Å². The zero-order chi connectivity index (χ0) is 13.9. The molecule has 1 N–H and O–H groups in total. The molecule has 0 spiro atoms. The van der Waals surface area contributed by atoms with E-state index in [1.807, 2.05) is 0 Å². The van der Waals surface area contributed by atoms with Crippen molar-refractivity contribution in [1.82, 2.24) is 5.32 Å². The summed E-state index contributed by atoms with van der Waals surface area (Å²) in [5.41, 5.74) is 3.07. The average molecular weight is 261 g/mol. The molecule has 1 aliphatic rings. The number of aryl methyl sites for hydroxylation is 1. The van der Waals surface area contributed by atoms with Gasteiger partial charge >= 0.3 is 0 Å². The van der Waals surface area contributed by atoms with E-state index >= 15 is 0 Å². The van der Waals surface area contributed by atoms with Crippen molar-refractivity contribution in [2.24, 2.45) is 5.41 Å². The van der Waals surface area contributed by atoms with Crippen LogP contribution in [0.5, 0.6) is 5.75 Å². The third-order valence-electron chi connectivity index (χ3n) is 4.26. The second-order valence-corrected chi connectivity index (χ2v) is 6.64. The number of hydrogen-bond donors (Lipinski definition) is 1. The minimum Gasteiger partial charge on any atom is -0.496 e. The number of hydrogen-bond acceptors (Lipinski definition) is 2. The van der Waals surface area contributed by atoms with Crippen molar-refractivity contribution in [2.75, 3.05) is 7.11 Å². The molecule has 1 atom stereocenters.